The molecule has 0 aliphatic heterocycles. The number of hydrogen-bond acceptors (Lipinski definition) is 3. The first-order chi connectivity index (χ1) is 7.88. The fraction of sp³-hybridized carbons (Fsp3) is 0.182. The van der Waals surface area contributed by atoms with E-state index < -0.39 is 0 Å². The number of aromatic nitrogens is 4. The molecule has 0 N–H and O–H groups in total. The topological polar surface area (TPSA) is 43.1 Å². The molecule has 0 bridgehead atoms. The minimum atomic E-state index is 0.530. The average molecular weight is 233 g/mol. The molecule has 0 radical (unpaired) electrons. The lowest BCUT2D eigenvalue weighted by atomic mass is 10.2. The van der Waals surface area contributed by atoms with E-state index >= 15 is 0 Å². The second-order valence-corrected chi connectivity index (χ2v) is 3.87. The van der Waals surface area contributed by atoms with Gasteiger partial charge in [-0.25, -0.2) is 14.5 Å². The van der Waals surface area contributed by atoms with Crippen molar-refractivity contribution < 1.29 is 0 Å². The molecule has 0 saturated heterocycles. The molecule has 3 rings (SSSR count). The van der Waals surface area contributed by atoms with Crippen molar-refractivity contribution in [3.05, 3.63) is 36.4 Å². The van der Waals surface area contributed by atoms with Gasteiger partial charge in [0.2, 0.25) is 0 Å². The second kappa shape index (κ2) is 3.72. The summed E-state index contributed by atoms with van der Waals surface area (Å²) in [6, 6.07) is 7.89. The third-order valence-electron chi connectivity index (χ3n) is 2.44. The van der Waals surface area contributed by atoms with Crippen molar-refractivity contribution in [2.45, 2.75) is 6.42 Å². The van der Waals surface area contributed by atoms with Gasteiger partial charge in [0.25, 0.3) is 0 Å². The van der Waals surface area contributed by atoms with Crippen LogP contribution >= 0.6 is 11.6 Å². The van der Waals surface area contributed by atoms with E-state index in [1.807, 2.05) is 24.3 Å². The van der Waals surface area contributed by atoms with Crippen molar-refractivity contribution in [3.63, 3.8) is 0 Å². The summed E-state index contributed by atoms with van der Waals surface area (Å²) in [5.41, 5.74) is 1.77. The number of nitrogens with zero attached hydrogens (tertiary/aromatic N) is 4. The number of alkyl halides is 1. The van der Waals surface area contributed by atoms with Gasteiger partial charge in [-0.1, -0.05) is 12.1 Å². The summed E-state index contributed by atoms with van der Waals surface area (Å²) in [7, 11) is 0. The zero-order chi connectivity index (χ0) is 11.0. The normalized spacial score (nSPS) is 11.3. The van der Waals surface area contributed by atoms with Crippen LogP contribution in [0.4, 0.5) is 0 Å². The van der Waals surface area contributed by atoms with Gasteiger partial charge in [-0.15, -0.1) is 16.7 Å². The Morgan fingerprint density at radius 2 is 2.12 bits per heavy atom. The van der Waals surface area contributed by atoms with Gasteiger partial charge < -0.3 is 0 Å². The van der Waals surface area contributed by atoms with Crippen LogP contribution in [-0.4, -0.2) is 25.5 Å². The highest BCUT2D eigenvalue weighted by atomic mass is 35.5. The Balaban J connectivity index is 2.32. The molecule has 4 nitrogen and oxygen atoms in total. The Kier molecular flexibility index (Phi) is 2.22. The monoisotopic (exact) mass is 232 g/mol. The van der Waals surface area contributed by atoms with Crippen LogP contribution in [0.2, 0.25) is 0 Å². The van der Waals surface area contributed by atoms with Gasteiger partial charge in [-0.05, 0) is 12.1 Å². The standard InChI is InChI=1S/C11H9ClN4/c12-6-5-10-14-11-8-3-1-2-4-9(8)13-7-16(11)15-10/h1-4,7H,5-6H2. The van der Waals surface area contributed by atoms with Gasteiger partial charge >= 0.3 is 0 Å². The molecule has 0 fully saturated rings. The highest BCUT2D eigenvalue weighted by Gasteiger charge is 2.06. The van der Waals surface area contributed by atoms with Crippen molar-refractivity contribution in [3.8, 4) is 0 Å². The van der Waals surface area contributed by atoms with Crippen molar-refractivity contribution in [1.82, 2.24) is 19.6 Å². The van der Waals surface area contributed by atoms with Crippen molar-refractivity contribution in [1.29, 1.82) is 0 Å². The maximum Gasteiger partial charge on any atom is 0.166 e. The van der Waals surface area contributed by atoms with Crippen LogP contribution in [0.25, 0.3) is 16.6 Å². The average Bonchev–Trinajstić information content (AvgIpc) is 2.72. The first-order valence-corrected chi connectivity index (χ1v) is 5.57. The highest BCUT2D eigenvalue weighted by molar-refractivity contribution is 6.17. The van der Waals surface area contributed by atoms with Gasteiger partial charge in [0.1, 0.15) is 6.33 Å². The minimum absolute atomic E-state index is 0.530. The number of hydrogen-bond donors (Lipinski definition) is 0. The number of aryl methyl sites for hydroxylation is 1. The van der Waals surface area contributed by atoms with E-state index in [0.29, 0.717) is 12.3 Å². The molecule has 3 aromatic rings. The van der Waals surface area contributed by atoms with Crippen LogP contribution in [0, 0.1) is 0 Å². The van der Waals surface area contributed by atoms with E-state index in [2.05, 4.69) is 15.1 Å². The van der Waals surface area contributed by atoms with Crippen LogP contribution < -0.4 is 0 Å². The van der Waals surface area contributed by atoms with Crippen LogP contribution in [0.3, 0.4) is 0 Å². The largest absolute Gasteiger partial charge is 0.236 e. The maximum absolute atomic E-state index is 5.68. The minimum Gasteiger partial charge on any atom is -0.236 e. The molecule has 0 aliphatic rings. The smallest absolute Gasteiger partial charge is 0.166 e. The fourth-order valence-electron chi connectivity index (χ4n) is 1.71. The number of benzene rings is 1. The Bertz CT molecular complexity index is 647. The SMILES string of the molecule is ClCCc1nc2c3ccccc3ncn2n1. The highest BCUT2D eigenvalue weighted by Crippen LogP contribution is 2.15. The summed E-state index contributed by atoms with van der Waals surface area (Å²) in [5, 5.41) is 5.32. The second-order valence-electron chi connectivity index (χ2n) is 3.50. The Morgan fingerprint density at radius 1 is 1.25 bits per heavy atom. The summed E-state index contributed by atoms with van der Waals surface area (Å²) < 4.78 is 1.70. The quantitative estimate of drug-likeness (QED) is 0.636. The molecular formula is C11H9ClN4. The van der Waals surface area contributed by atoms with Gasteiger partial charge in [0.15, 0.2) is 11.5 Å². The van der Waals surface area contributed by atoms with Crippen LogP contribution in [0.15, 0.2) is 30.6 Å². The van der Waals surface area contributed by atoms with Crippen molar-refractivity contribution in [2.75, 3.05) is 5.88 Å². The fourth-order valence-corrected chi connectivity index (χ4v) is 1.88. The van der Waals surface area contributed by atoms with Crippen LogP contribution in [-0.2, 0) is 6.42 Å². The Labute approximate surface area is 96.9 Å². The van der Waals surface area contributed by atoms with E-state index in [9.17, 15) is 0 Å². The molecule has 1 aromatic carbocycles. The first kappa shape index (κ1) is 9.54. The predicted molar refractivity (Wildman–Crippen MR) is 62.7 cm³/mol. The van der Waals surface area contributed by atoms with E-state index in [0.717, 1.165) is 22.4 Å². The van der Waals surface area contributed by atoms with Gasteiger partial charge in [-0.2, -0.15) is 0 Å². The Morgan fingerprint density at radius 3 is 3.00 bits per heavy atom. The number of para-hydroxylation sites is 1. The number of rotatable bonds is 2. The summed E-state index contributed by atoms with van der Waals surface area (Å²) >= 11 is 5.68. The molecule has 0 aliphatic carbocycles. The lowest BCUT2D eigenvalue weighted by Crippen LogP contribution is -1.92. The summed E-state index contributed by atoms with van der Waals surface area (Å²) in [5.74, 6) is 1.29. The van der Waals surface area contributed by atoms with E-state index in [4.69, 9.17) is 11.6 Å². The zero-order valence-corrected chi connectivity index (χ0v) is 9.22. The van der Waals surface area contributed by atoms with Crippen LogP contribution in [0.1, 0.15) is 5.82 Å². The van der Waals surface area contributed by atoms with E-state index in [-0.39, 0.29) is 0 Å². The molecule has 2 aromatic heterocycles. The van der Waals surface area contributed by atoms with E-state index in [1.54, 1.807) is 10.8 Å². The molecule has 80 valence electrons. The third-order valence-corrected chi connectivity index (χ3v) is 2.63. The number of halogens is 1. The van der Waals surface area contributed by atoms with Gasteiger partial charge in [0, 0.05) is 17.7 Å². The summed E-state index contributed by atoms with van der Waals surface area (Å²) in [6.07, 6.45) is 2.36. The molecule has 0 saturated carbocycles. The lowest BCUT2D eigenvalue weighted by molar-refractivity contribution is 0.874. The van der Waals surface area contributed by atoms with Crippen molar-refractivity contribution in [2.24, 2.45) is 0 Å². The maximum atomic E-state index is 5.68. The molecule has 16 heavy (non-hydrogen) atoms. The summed E-state index contributed by atoms with van der Waals surface area (Å²) in [6.45, 7) is 0. The summed E-state index contributed by atoms with van der Waals surface area (Å²) in [4.78, 5) is 8.77. The number of fused-ring (bicyclic) bond motifs is 3. The first-order valence-electron chi connectivity index (χ1n) is 5.03. The predicted octanol–water partition coefficient (Wildman–Crippen LogP) is 2.06. The van der Waals surface area contributed by atoms with Crippen LogP contribution in [0.5, 0.6) is 0 Å². The van der Waals surface area contributed by atoms with E-state index in [1.165, 1.54) is 0 Å². The molecule has 0 amide bonds. The molecule has 5 heteroatoms. The van der Waals surface area contributed by atoms with Gasteiger partial charge in [0.05, 0.1) is 5.52 Å². The molecular weight excluding hydrogens is 224 g/mol. The zero-order valence-electron chi connectivity index (χ0n) is 8.47. The lowest BCUT2D eigenvalue weighted by Gasteiger charge is -1.96. The molecule has 2 heterocycles. The van der Waals surface area contributed by atoms with Gasteiger partial charge in [-0.3, -0.25) is 0 Å². The Hall–Kier alpha value is -1.68. The molecule has 0 unspecified atom stereocenters. The molecule has 0 spiro atoms. The molecule has 0 atom stereocenters. The third kappa shape index (κ3) is 1.42. The van der Waals surface area contributed by atoms with Crippen molar-refractivity contribution >= 4 is 28.2 Å².